The smallest absolute Gasteiger partial charge is 0.132 e. The number of rotatable bonds is 6. The largest absolute Gasteiger partial charge is 0.359 e. The van der Waals surface area contributed by atoms with Crippen LogP contribution in [-0.2, 0) is 6.54 Å². The highest BCUT2D eigenvalue weighted by Crippen LogP contribution is 2.15. The second kappa shape index (κ2) is 6.40. The number of hydrogen-bond donors (Lipinski definition) is 1. The van der Waals surface area contributed by atoms with E-state index in [1.54, 1.807) is 0 Å². The summed E-state index contributed by atoms with van der Waals surface area (Å²) in [7, 11) is 4.07. The van der Waals surface area contributed by atoms with Gasteiger partial charge in [0.2, 0.25) is 0 Å². The summed E-state index contributed by atoms with van der Waals surface area (Å²) in [5, 5.41) is 3.17. The Morgan fingerprint density at radius 1 is 1.47 bits per heavy atom. The first kappa shape index (κ1) is 12.0. The molecule has 1 N–H and O–H groups in total. The van der Waals surface area contributed by atoms with Crippen molar-refractivity contribution >= 4 is 5.82 Å². The predicted molar refractivity (Wildman–Crippen MR) is 65.2 cm³/mol. The first-order valence-electron chi connectivity index (χ1n) is 5.59. The van der Waals surface area contributed by atoms with Gasteiger partial charge in [0.1, 0.15) is 5.82 Å². The third kappa shape index (κ3) is 3.51. The highest BCUT2D eigenvalue weighted by atomic mass is 15.2. The van der Waals surface area contributed by atoms with E-state index >= 15 is 0 Å². The molecule has 1 heterocycles. The molecule has 1 aromatic rings. The van der Waals surface area contributed by atoms with Crippen LogP contribution in [0.3, 0.4) is 0 Å². The second-order valence-corrected chi connectivity index (χ2v) is 3.79. The summed E-state index contributed by atoms with van der Waals surface area (Å²) in [6, 6.07) is 4.12. The van der Waals surface area contributed by atoms with Crippen molar-refractivity contribution in [2.24, 2.45) is 0 Å². The molecule has 84 valence electrons. The summed E-state index contributed by atoms with van der Waals surface area (Å²) in [6.45, 7) is 4.16. The molecule has 0 saturated carbocycles. The first-order chi connectivity index (χ1) is 7.29. The van der Waals surface area contributed by atoms with Gasteiger partial charge in [0.05, 0.1) is 0 Å². The van der Waals surface area contributed by atoms with Gasteiger partial charge >= 0.3 is 0 Å². The zero-order valence-electron chi connectivity index (χ0n) is 9.95. The first-order valence-corrected chi connectivity index (χ1v) is 5.59. The van der Waals surface area contributed by atoms with Gasteiger partial charge in [0.15, 0.2) is 0 Å². The number of hydrogen-bond acceptors (Lipinski definition) is 3. The molecule has 3 heteroatoms. The minimum atomic E-state index is 0.875. The SMILES string of the molecule is CCCCN(C)c1ncccc1CNC. The zero-order chi connectivity index (χ0) is 11.1. The van der Waals surface area contributed by atoms with E-state index in [1.807, 2.05) is 19.3 Å². The lowest BCUT2D eigenvalue weighted by atomic mass is 10.2. The fourth-order valence-corrected chi connectivity index (χ4v) is 1.60. The van der Waals surface area contributed by atoms with Gasteiger partial charge in [0.25, 0.3) is 0 Å². The van der Waals surface area contributed by atoms with Crippen molar-refractivity contribution in [1.29, 1.82) is 0 Å². The van der Waals surface area contributed by atoms with Gasteiger partial charge in [-0.05, 0) is 19.5 Å². The van der Waals surface area contributed by atoms with Crippen molar-refractivity contribution < 1.29 is 0 Å². The van der Waals surface area contributed by atoms with Crippen LogP contribution in [0.2, 0.25) is 0 Å². The van der Waals surface area contributed by atoms with Crippen molar-refractivity contribution in [2.45, 2.75) is 26.3 Å². The Balaban J connectivity index is 2.72. The summed E-state index contributed by atoms with van der Waals surface area (Å²) in [5.41, 5.74) is 1.26. The molecule has 0 aliphatic heterocycles. The third-order valence-corrected chi connectivity index (χ3v) is 2.44. The fourth-order valence-electron chi connectivity index (χ4n) is 1.60. The van der Waals surface area contributed by atoms with Crippen LogP contribution in [0, 0.1) is 0 Å². The fraction of sp³-hybridized carbons (Fsp3) is 0.583. The Bertz CT molecular complexity index is 286. The van der Waals surface area contributed by atoms with Crippen LogP contribution < -0.4 is 10.2 Å². The third-order valence-electron chi connectivity index (χ3n) is 2.44. The Kier molecular flexibility index (Phi) is 5.12. The molecule has 0 atom stereocenters. The summed E-state index contributed by atoms with van der Waals surface area (Å²) < 4.78 is 0. The van der Waals surface area contributed by atoms with E-state index in [1.165, 1.54) is 18.4 Å². The van der Waals surface area contributed by atoms with Crippen LogP contribution in [0.1, 0.15) is 25.3 Å². The number of nitrogens with one attached hydrogen (secondary N) is 1. The summed E-state index contributed by atoms with van der Waals surface area (Å²) in [6.07, 6.45) is 4.29. The number of unbranched alkanes of at least 4 members (excludes halogenated alkanes) is 1. The molecule has 0 bridgehead atoms. The molecule has 1 aromatic heterocycles. The van der Waals surface area contributed by atoms with E-state index in [-0.39, 0.29) is 0 Å². The van der Waals surface area contributed by atoms with Crippen LogP contribution >= 0.6 is 0 Å². The highest BCUT2D eigenvalue weighted by Gasteiger charge is 2.06. The lowest BCUT2D eigenvalue weighted by molar-refractivity contribution is 0.745. The Morgan fingerprint density at radius 2 is 2.27 bits per heavy atom. The van der Waals surface area contributed by atoms with E-state index in [2.05, 4.69) is 35.2 Å². The molecular formula is C12H21N3. The lowest BCUT2D eigenvalue weighted by Gasteiger charge is -2.20. The van der Waals surface area contributed by atoms with Crippen LogP contribution in [0.25, 0.3) is 0 Å². The molecule has 0 amide bonds. The molecule has 0 fully saturated rings. The quantitative estimate of drug-likeness (QED) is 0.773. The number of aromatic nitrogens is 1. The number of anilines is 1. The predicted octanol–water partition coefficient (Wildman–Crippen LogP) is 2.04. The Hall–Kier alpha value is -1.09. The molecule has 0 unspecified atom stereocenters. The van der Waals surface area contributed by atoms with Gasteiger partial charge in [-0.1, -0.05) is 19.4 Å². The Labute approximate surface area is 92.5 Å². The topological polar surface area (TPSA) is 28.2 Å². The van der Waals surface area contributed by atoms with Gasteiger partial charge in [0, 0.05) is 31.9 Å². The molecular weight excluding hydrogens is 186 g/mol. The number of nitrogens with zero attached hydrogens (tertiary/aromatic N) is 2. The molecule has 0 aliphatic rings. The minimum absolute atomic E-state index is 0.875. The van der Waals surface area contributed by atoms with E-state index in [0.29, 0.717) is 0 Å². The van der Waals surface area contributed by atoms with E-state index in [4.69, 9.17) is 0 Å². The maximum Gasteiger partial charge on any atom is 0.132 e. The second-order valence-electron chi connectivity index (χ2n) is 3.79. The lowest BCUT2D eigenvalue weighted by Crippen LogP contribution is -2.22. The van der Waals surface area contributed by atoms with E-state index in [0.717, 1.165) is 18.9 Å². The maximum absolute atomic E-state index is 4.44. The summed E-state index contributed by atoms with van der Waals surface area (Å²) in [4.78, 5) is 6.67. The normalized spacial score (nSPS) is 10.3. The monoisotopic (exact) mass is 207 g/mol. The molecule has 0 spiro atoms. The van der Waals surface area contributed by atoms with Crippen LogP contribution in [0.15, 0.2) is 18.3 Å². The van der Waals surface area contributed by atoms with Gasteiger partial charge in [-0.25, -0.2) is 4.98 Å². The van der Waals surface area contributed by atoms with E-state index in [9.17, 15) is 0 Å². The van der Waals surface area contributed by atoms with E-state index < -0.39 is 0 Å². The van der Waals surface area contributed by atoms with Crippen molar-refractivity contribution in [3.63, 3.8) is 0 Å². The summed E-state index contributed by atoms with van der Waals surface area (Å²) >= 11 is 0. The van der Waals surface area contributed by atoms with Crippen LogP contribution in [-0.4, -0.2) is 25.6 Å². The molecule has 15 heavy (non-hydrogen) atoms. The zero-order valence-corrected chi connectivity index (χ0v) is 9.95. The number of pyridine rings is 1. The Morgan fingerprint density at radius 3 is 2.93 bits per heavy atom. The standard InChI is InChI=1S/C12H21N3/c1-4-5-9-15(3)12-11(10-13-2)7-6-8-14-12/h6-8,13H,4-5,9-10H2,1-3H3. The van der Waals surface area contributed by atoms with Gasteiger partial charge in [-0.2, -0.15) is 0 Å². The summed E-state index contributed by atoms with van der Waals surface area (Å²) in [5.74, 6) is 1.10. The molecule has 1 rings (SSSR count). The van der Waals surface area contributed by atoms with Gasteiger partial charge in [-0.3, -0.25) is 0 Å². The average molecular weight is 207 g/mol. The van der Waals surface area contributed by atoms with Crippen LogP contribution in [0.5, 0.6) is 0 Å². The molecule has 0 aromatic carbocycles. The van der Waals surface area contributed by atoms with Crippen molar-refractivity contribution in [2.75, 3.05) is 25.5 Å². The highest BCUT2D eigenvalue weighted by molar-refractivity contribution is 5.45. The maximum atomic E-state index is 4.44. The van der Waals surface area contributed by atoms with Crippen molar-refractivity contribution in [1.82, 2.24) is 10.3 Å². The van der Waals surface area contributed by atoms with Gasteiger partial charge < -0.3 is 10.2 Å². The van der Waals surface area contributed by atoms with Gasteiger partial charge in [-0.15, -0.1) is 0 Å². The molecule has 0 aliphatic carbocycles. The molecule has 0 radical (unpaired) electrons. The van der Waals surface area contributed by atoms with Crippen LogP contribution in [0.4, 0.5) is 5.82 Å². The van der Waals surface area contributed by atoms with Crippen molar-refractivity contribution in [3.8, 4) is 0 Å². The molecule has 3 nitrogen and oxygen atoms in total. The molecule has 0 saturated heterocycles. The van der Waals surface area contributed by atoms with Crippen molar-refractivity contribution in [3.05, 3.63) is 23.9 Å². The minimum Gasteiger partial charge on any atom is -0.359 e. The average Bonchev–Trinajstić information content (AvgIpc) is 2.27.